The number of rotatable bonds is 4. The molecule has 5 nitrogen and oxygen atoms in total. The van der Waals surface area contributed by atoms with Crippen LogP contribution in [0.1, 0.15) is 12.6 Å². The van der Waals surface area contributed by atoms with Crippen LogP contribution in [0.25, 0.3) is 0 Å². The number of nitrogens with zero attached hydrogens (tertiary/aromatic N) is 3. The molecule has 17 heavy (non-hydrogen) atoms. The van der Waals surface area contributed by atoms with Gasteiger partial charge in [0.15, 0.2) is 0 Å². The van der Waals surface area contributed by atoms with E-state index in [0.29, 0.717) is 0 Å². The molecule has 0 amide bonds. The molecule has 3 N–H and O–H groups in total. The van der Waals surface area contributed by atoms with Crippen LogP contribution in [0.3, 0.4) is 0 Å². The van der Waals surface area contributed by atoms with Crippen molar-refractivity contribution >= 4 is 11.5 Å². The fourth-order valence-electron chi connectivity index (χ4n) is 1.64. The lowest BCUT2D eigenvalue weighted by atomic mass is 10.3. The molecular formula is C12H17N5. The molecule has 0 saturated heterocycles. The molecule has 0 aromatic carbocycles. The molecule has 90 valence electrons. The Labute approximate surface area is 101 Å². The maximum absolute atomic E-state index is 5.72. The summed E-state index contributed by atoms with van der Waals surface area (Å²) in [4.78, 5) is 4.38. The molecule has 0 aliphatic carbocycles. The molecule has 0 aliphatic rings. The summed E-state index contributed by atoms with van der Waals surface area (Å²) in [7, 11) is 0. The molecule has 2 heterocycles. The van der Waals surface area contributed by atoms with E-state index in [-0.39, 0.29) is 6.04 Å². The average molecular weight is 231 g/mol. The second-order valence-electron chi connectivity index (χ2n) is 4.14. The molecule has 0 radical (unpaired) electrons. The molecule has 5 heteroatoms. The molecule has 0 bridgehead atoms. The lowest BCUT2D eigenvalue weighted by Crippen LogP contribution is -2.22. The monoisotopic (exact) mass is 231 g/mol. The van der Waals surface area contributed by atoms with Gasteiger partial charge < -0.3 is 11.1 Å². The van der Waals surface area contributed by atoms with Crippen LogP contribution in [-0.2, 0) is 6.54 Å². The predicted molar refractivity (Wildman–Crippen MR) is 68.7 cm³/mol. The Bertz CT molecular complexity index is 478. The maximum Gasteiger partial charge on any atom is 0.126 e. The van der Waals surface area contributed by atoms with E-state index >= 15 is 0 Å². The van der Waals surface area contributed by atoms with E-state index in [1.165, 1.54) is 0 Å². The van der Waals surface area contributed by atoms with Crippen molar-refractivity contribution in [3.63, 3.8) is 0 Å². The lowest BCUT2D eigenvalue weighted by Gasteiger charge is -2.15. The van der Waals surface area contributed by atoms with Gasteiger partial charge in [0.2, 0.25) is 0 Å². The van der Waals surface area contributed by atoms with E-state index < -0.39 is 0 Å². The first-order chi connectivity index (χ1) is 8.15. The van der Waals surface area contributed by atoms with Crippen LogP contribution in [0.15, 0.2) is 30.6 Å². The highest BCUT2D eigenvalue weighted by atomic mass is 15.3. The van der Waals surface area contributed by atoms with Crippen molar-refractivity contribution in [3.05, 3.63) is 36.3 Å². The second kappa shape index (κ2) is 4.86. The standard InChI is InChI=1S/C12H17N5/c1-9(8-17-7-3-6-14-17)15-12-5-4-11(13)10(2)16-12/h3-7,9H,8,13H2,1-2H3,(H,15,16). The van der Waals surface area contributed by atoms with Crippen LogP contribution >= 0.6 is 0 Å². The van der Waals surface area contributed by atoms with Crippen LogP contribution in [0, 0.1) is 6.92 Å². The van der Waals surface area contributed by atoms with Gasteiger partial charge in [-0.3, -0.25) is 4.68 Å². The Morgan fingerprint density at radius 3 is 2.94 bits per heavy atom. The van der Waals surface area contributed by atoms with Crippen molar-refractivity contribution in [1.82, 2.24) is 14.8 Å². The van der Waals surface area contributed by atoms with E-state index in [1.807, 2.05) is 36.0 Å². The van der Waals surface area contributed by atoms with Crippen molar-refractivity contribution in [2.75, 3.05) is 11.1 Å². The fraction of sp³-hybridized carbons (Fsp3) is 0.333. The molecule has 0 aliphatic heterocycles. The third-order valence-corrected chi connectivity index (χ3v) is 2.54. The first kappa shape index (κ1) is 11.4. The minimum absolute atomic E-state index is 0.255. The Kier molecular flexibility index (Phi) is 3.27. The van der Waals surface area contributed by atoms with Crippen molar-refractivity contribution in [2.24, 2.45) is 0 Å². The Hall–Kier alpha value is -2.04. The number of nitrogens with two attached hydrogens (primary N) is 1. The number of aromatic nitrogens is 3. The first-order valence-electron chi connectivity index (χ1n) is 5.62. The summed E-state index contributed by atoms with van der Waals surface area (Å²) in [6.07, 6.45) is 3.72. The van der Waals surface area contributed by atoms with Crippen LogP contribution in [-0.4, -0.2) is 20.8 Å². The molecule has 1 unspecified atom stereocenters. The number of pyridine rings is 1. The molecule has 0 saturated carbocycles. The largest absolute Gasteiger partial charge is 0.397 e. The lowest BCUT2D eigenvalue weighted by molar-refractivity contribution is 0.559. The first-order valence-corrected chi connectivity index (χ1v) is 5.62. The van der Waals surface area contributed by atoms with Crippen molar-refractivity contribution in [2.45, 2.75) is 26.4 Å². The third-order valence-electron chi connectivity index (χ3n) is 2.54. The Balaban J connectivity index is 1.98. The number of hydrogen-bond donors (Lipinski definition) is 2. The molecule has 1 atom stereocenters. The summed E-state index contributed by atoms with van der Waals surface area (Å²) < 4.78 is 1.89. The van der Waals surface area contributed by atoms with Gasteiger partial charge in [0.25, 0.3) is 0 Å². The van der Waals surface area contributed by atoms with Gasteiger partial charge >= 0.3 is 0 Å². The molecule has 0 fully saturated rings. The summed E-state index contributed by atoms with van der Waals surface area (Å²) in [5, 5.41) is 7.49. The highest BCUT2D eigenvalue weighted by Gasteiger charge is 2.05. The predicted octanol–water partition coefficient (Wildman–Crippen LogP) is 1.67. The number of aryl methyl sites for hydroxylation is 1. The molecular weight excluding hydrogens is 214 g/mol. The van der Waals surface area contributed by atoms with Gasteiger partial charge in [-0.25, -0.2) is 4.98 Å². The summed E-state index contributed by atoms with van der Waals surface area (Å²) in [6.45, 7) is 4.80. The molecule has 2 rings (SSSR count). The normalized spacial score (nSPS) is 12.4. The quantitative estimate of drug-likeness (QED) is 0.839. The van der Waals surface area contributed by atoms with Crippen LogP contribution in [0.2, 0.25) is 0 Å². The maximum atomic E-state index is 5.72. The van der Waals surface area contributed by atoms with E-state index in [0.717, 1.165) is 23.7 Å². The zero-order chi connectivity index (χ0) is 12.3. The molecule has 0 spiro atoms. The number of anilines is 2. The van der Waals surface area contributed by atoms with Gasteiger partial charge in [0.05, 0.1) is 17.9 Å². The highest BCUT2D eigenvalue weighted by Crippen LogP contribution is 2.12. The van der Waals surface area contributed by atoms with Crippen molar-refractivity contribution in [1.29, 1.82) is 0 Å². The van der Waals surface area contributed by atoms with Gasteiger partial charge in [-0.1, -0.05) is 0 Å². The van der Waals surface area contributed by atoms with Crippen molar-refractivity contribution < 1.29 is 0 Å². The van der Waals surface area contributed by atoms with E-state index in [2.05, 4.69) is 22.3 Å². The molecule has 2 aromatic heterocycles. The van der Waals surface area contributed by atoms with Gasteiger partial charge in [0, 0.05) is 18.4 Å². The zero-order valence-corrected chi connectivity index (χ0v) is 10.1. The van der Waals surface area contributed by atoms with Gasteiger partial charge in [-0.05, 0) is 32.0 Å². The molecule has 2 aromatic rings. The Morgan fingerprint density at radius 1 is 1.47 bits per heavy atom. The summed E-state index contributed by atoms with van der Waals surface area (Å²) in [5.41, 5.74) is 7.29. The van der Waals surface area contributed by atoms with E-state index in [1.54, 1.807) is 6.20 Å². The number of nitrogens with one attached hydrogen (secondary N) is 1. The third kappa shape index (κ3) is 2.96. The highest BCUT2D eigenvalue weighted by molar-refractivity contribution is 5.49. The van der Waals surface area contributed by atoms with Crippen LogP contribution < -0.4 is 11.1 Å². The minimum Gasteiger partial charge on any atom is -0.397 e. The van der Waals surface area contributed by atoms with Gasteiger partial charge in [0.1, 0.15) is 5.82 Å². The minimum atomic E-state index is 0.255. The Morgan fingerprint density at radius 2 is 2.29 bits per heavy atom. The summed E-state index contributed by atoms with van der Waals surface area (Å²) in [5.74, 6) is 0.844. The van der Waals surface area contributed by atoms with E-state index in [9.17, 15) is 0 Å². The van der Waals surface area contributed by atoms with Crippen LogP contribution in [0.5, 0.6) is 0 Å². The number of nitrogen functional groups attached to an aromatic ring is 1. The van der Waals surface area contributed by atoms with Crippen molar-refractivity contribution in [3.8, 4) is 0 Å². The zero-order valence-electron chi connectivity index (χ0n) is 10.1. The van der Waals surface area contributed by atoms with Gasteiger partial charge in [-0.2, -0.15) is 5.10 Å². The second-order valence-corrected chi connectivity index (χ2v) is 4.14. The topological polar surface area (TPSA) is 68.8 Å². The summed E-state index contributed by atoms with van der Waals surface area (Å²) in [6, 6.07) is 5.93. The fourth-order valence-corrected chi connectivity index (χ4v) is 1.64. The summed E-state index contributed by atoms with van der Waals surface area (Å²) >= 11 is 0. The average Bonchev–Trinajstić information content (AvgIpc) is 2.76. The van der Waals surface area contributed by atoms with E-state index in [4.69, 9.17) is 5.73 Å². The van der Waals surface area contributed by atoms with Crippen LogP contribution in [0.4, 0.5) is 11.5 Å². The van der Waals surface area contributed by atoms with Gasteiger partial charge in [-0.15, -0.1) is 0 Å². The number of hydrogen-bond acceptors (Lipinski definition) is 4. The SMILES string of the molecule is Cc1nc(NC(C)Cn2cccn2)ccc1N. The smallest absolute Gasteiger partial charge is 0.126 e.